The van der Waals surface area contributed by atoms with Crippen molar-refractivity contribution in [2.45, 2.75) is 6.42 Å². The zero-order chi connectivity index (χ0) is 22.8. The summed E-state index contributed by atoms with van der Waals surface area (Å²) >= 11 is 0. The molecule has 2 amide bonds. The van der Waals surface area contributed by atoms with Gasteiger partial charge in [-0.3, -0.25) is 14.5 Å². The average molecular weight is 432 g/mol. The quantitative estimate of drug-likeness (QED) is 0.300. The monoisotopic (exact) mass is 432 g/mol. The SMILES string of the molecule is N#Cc1ccc(-c2ccc3cc(OCCCN4C(=O)c5ccccc5C4=O)ccc3c2)cc1. The molecule has 1 aliphatic rings. The number of imide groups is 1. The molecule has 0 atom stereocenters. The predicted molar refractivity (Wildman–Crippen MR) is 126 cm³/mol. The second kappa shape index (κ2) is 8.60. The van der Waals surface area contributed by atoms with Crippen LogP contribution in [-0.4, -0.2) is 29.9 Å². The van der Waals surface area contributed by atoms with Crippen LogP contribution in [0.4, 0.5) is 0 Å². The number of amides is 2. The Labute approximate surface area is 191 Å². The summed E-state index contributed by atoms with van der Waals surface area (Å²) in [7, 11) is 0. The van der Waals surface area contributed by atoms with E-state index < -0.39 is 0 Å². The van der Waals surface area contributed by atoms with Gasteiger partial charge in [0.2, 0.25) is 0 Å². The van der Waals surface area contributed by atoms with Gasteiger partial charge in [0.25, 0.3) is 11.8 Å². The molecule has 1 heterocycles. The molecule has 0 unspecified atom stereocenters. The molecule has 33 heavy (non-hydrogen) atoms. The van der Waals surface area contributed by atoms with E-state index in [2.05, 4.69) is 24.3 Å². The highest BCUT2D eigenvalue weighted by Crippen LogP contribution is 2.28. The number of hydrogen-bond acceptors (Lipinski definition) is 4. The minimum atomic E-state index is -0.237. The van der Waals surface area contributed by atoms with Crippen LogP contribution in [0.5, 0.6) is 5.75 Å². The molecule has 160 valence electrons. The van der Waals surface area contributed by atoms with Crippen LogP contribution >= 0.6 is 0 Å². The van der Waals surface area contributed by atoms with Crippen LogP contribution in [0, 0.1) is 11.3 Å². The van der Waals surface area contributed by atoms with Gasteiger partial charge in [-0.05, 0) is 70.8 Å². The second-order valence-electron chi connectivity index (χ2n) is 7.92. The molecule has 0 fully saturated rings. The molecular formula is C28H20N2O3. The van der Waals surface area contributed by atoms with Crippen molar-refractivity contribution in [2.75, 3.05) is 13.2 Å². The first-order valence-corrected chi connectivity index (χ1v) is 10.8. The van der Waals surface area contributed by atoms with Gasteiger partial charge in [-0.2, -0.15) is 5.26 Å². The van der Waals surface area contributed by atoms with Gasteiger partial charge >= 0.3 is 0 Å². The summed E-state index contributed by atoms with van der Waals surface area (Å²) in [6, 6.07) is 28.7. The van der Waals surface area contributed by atoms with Crippen molar-refractivity contribution in [3.05, 3.63) is 102 Å². The Hall–Kier alpha value is -4.43. The Morgan fingerprint density at radius 3 is 2.09 bits per heavy atom. The fraction of sp³-hybridized carbons (Fsp3) is 0.107. The lowest BCUT2D eigenvalue weighted by Gasteiger charge is -2.14. The Morgan fingerprint density at radius 1 is 0.758 bits per heavy atom. The van der Waals surface area contributed by atoms with E-state index in [9.17, 15) is 9.59 Å². The standard InChI is InChI=1S/C28H20N2O3/c29-18-19-6-8-20(9-7-19)21-10-11-23-17-24(13-12-22(23)16-21)33-15-3-14-30-27(31)25-4-1-2-5-26(25)28(30)32/h1-2,4-13,16-17H,3,14-15H2. The molecule has 0 aliphatic carbocycles. The van der Waals surface area contributed by atoms with Crippen LogP contribution in [0.15, 0.2) is 84.9 Å². The van der Waals surface area contributed by atoms with Crippen molar-refractivity contribution in [1.29, 1.82) is 5.26 Å². The molecule has 1 aliphatic heterocycles. The first-order valence-electron chi connectivity index (χ1n) is 10.8. The van der Waals surface area contributed by atoms with Gasteiger partial charge < -0.3 is 4.74 Å². The number of carbonyl (C=O) groups excluding carboxylic acids is 2. The summed E-state index contributed by atoms with van der Waals surface area (Å²) in [6.45, 7) is 0.732. The van der Waals surface area contributed by atoms with E-state index in [1.54, 1.807) is 24.3 Å². The minimum absolute atomic E-state index is 0.237. The molecule has 5 nitrogen and oxygen atoms in total. The topological polar surface area (TPSA) is 70.4 Å². The van der Waals surface area contributed by atoms with Crippen molar-refractivity contribution in [3.8, 4) is 22.9 Å². The fourth-order valence-corrected chi connectivity index (χ4v) is 4.09. The van der Waals surface area contributed by atoms with Crippen molar-refractivity contribution in [2.24, 2.45) is 0 Å². The summed E-state index contributed by atoms with van der Waals surface area (Å²) in [6.07, 6.45) is 0.557. The Morgan fingerprint density at radius 2 is 1.39 bits per heavy atom. The highest BCUT2D eigenvalue weighted by molar-refractivity contribution is 6.21. The smallest absolute Gasteiger partial charge is 0.261 e. The Bertz CT molecular complexity index is 1380. The normalized spacial score (nSPS) is 12.6. The predicted octanol–water partition coefficient (Wildman–Crippen LogP) is 5.44. The molecule has 0 N–H and O–H groups in total. The van der Waals surface area contributed by atoms with Crippen LogP contribution in [0.25, 0.3) is 21.9 Å². The van der Waals surface area contributed by atoms with Gasteiger partial charge in [0.05, 0.1) is 29.4 Å². The summed E-state index contributed by atoms with van der Waals surface area (Å²) in [5, 5.41) is 11.1. The lowest BCUT2D eigenvalue weighted by atomic mass is 10.0. The number of rotatable bonds is 6. The number of hydrogen-bond donors (Lipinski definition) is 0. The van der Waals surface area contributed by atoms with Crippen LogP contribution < -0.4 is 4.74 Å². The average Bonchev–Trinajstić information content (AvgIpc) is 3.11. The molecule has 5 rings (SSSR count). The number of carbonyl (C=O) groups is 2. The Kier molecular flexibility index (Phi) is 5.34. The van der Waals surface area contributed by atoms with Crippen molar-refractivity contribution < 1.29 is 14.3 Å². The van der Waals surface area contributed by atoms with E-state index in [-0.39, 0.29) is 11.8 Å². The van der Waals surface area contributed by atoms with Crippen molar-refractivity contribution in [3.63, 3.8) is 0 Å². The van der Waals surface area contributed by atoms with E-state index in [0.717, 1.165) is 27.6 Å². The molecule has 0 radical (unpaired) electrons. The number of benzene rings is 4. The maximum Gasteiger partial charge on any atom is 0.261 e. The van der Waals surface area contributed by atoms with Gasteiger partial charge in [-0.1, -0.05) is 42.5 Å². The van der Waals surface area contributed by atoms with E-state index >= 15 is 0 Å². The lowest BCUT2D eigenvalue weighted by Crippen LogP contribution is -2.31. The molecule has 0 bridgehead atoms. The minimum Gasteiger partial charge on any atom is -0.494 e. The molecule has 0 saturated carbocycles. The van der Waals surface area contributed by atoms with E-state index in [0.29, 0.717) is 36.3 Å². The van der Waals surface area contributed by atoms with Gasteiger partial charge in [0.15, 0.2) is 0 Å². The highest BCUT2D eigenvalue weighted by atomic mass is 16.5. The molecule has 0 saturated heterocycles. The van der Waals surface area contributed by atoms with Crippen molar-refractivity contribution >= 4 is 22.6 Å². The largest absolute Gasteiger partial charge is 0.494 e. The van der Waals surface area contributed by atoms with Gasteiger partial charge in [-0.15, -0.1) is 0 Å². The molecule has 4 aromatic carbocycles. The van der Waals surface area contributed by atoms with Crippen LogP contribution in [0.1, 0.15) is 32.7 Å². The van der Waals surface area contributed by atoms with E-state index in [1.807, 2.05) is 42.5 Å². The number of fused-ring (bicyclic) bond motifs is 2. The van der Waals surface area contributed by atoms with E-state index in [1.165, 1.54) is 4.90 Å². The maximum atomic E-state index is 12.4. The fourth-order valence-electron chi connectivity index (χ4n) is 4.09. The third-order valence-corrected chi connectivity index (χ3v) is 5.83. The highest BCUT2D eigenvalue weighted by Gasteiger charge is 2.34. The summed E-state index contributed by atoms with van der Waals surface area (Å²) in [4.78, 5) is 26.2. The van der Waals surface area contributed by atoms with Gasteiger partial charge in [0.1, 0.15) is 5.75 Å². The maximum absolute atomic E-state index is 12.4. The van der Waals surface area contributed by atoms with Crippen LogP contribution in [-0.2, 0) is 0 Å². The van der Waals surface area contributed by atoms with Crippen LogP contribution in [0.3, 0.4) is 0 Å². The molecular weight excluding hydrogens is 412 g/mol. The zero-order valence-electron chi connectivity index (χ0n) is 17.8. The van der Waals surface area contributed by atoms with E-state index in [4.69, 9.17) is 10.00 Å². The first-order chi connectivity index (χ1) is 16.1. The van der Waals surface area contributed by atoms with Gasteiger partial charge in [-0.25, -0.2) is 0 Å². The molecule has 0 spiro atoms. The third kappa shape index (κ3) is 3.95. The third-order valence-electron chi connectivity index (χ3n) is 5.83. The Balaban J connectivity index is 1.21. The first kappa shape index (κ1) is 20.5. The zero-order valence-corrected chi connectivity index (χ0v) is 17.8. The molecule has 4 aromatic rings. The summed E-state index contributed by atoms with van der Waals surface area (Å²) in [5.41, 5.74) is 3.73. The molecule has 5 heteroatoms. The molecule has 0 aromatic heterocycles. The van der Waals surface area contributed by atoms with Gasteiger partial charge in [0, 0.05) is 6.54 Å². The lowest BCUT2D eigenvalue weighted by molar-refractivity contribution is 0.0647. The second-order valence-corrected chi connectivity index (χ2v) is 7.92. The van der Waals surface area contributed by atoms with Crippen LogP contribution in [0.2, 0.25) is 0 Å². The number of nitriles is 1. The number of nitrogens with zero attached hydrogens (tertiary/aromatic N) is 2. The summed E-state index contributed by atoms with van der Waals surface area (Å²) in [5.74, 6) is 0.273. The number of ether oxygens (including phenoxy) is 1. The summed E-state index contributed by atoms with van der Waals surface area (Å²) < 4.78 is 5.88. The van der Waals surface area contributed by atoms with Crippen molar-refractivity contribution in [1.82, 2.24) is 4.90 Å².